The molecule has 7 nitrogen and oxygen atoms in total. The Balaban J connectivity index is 1.57. The maximum atomic E-state index is 11.1. The first-order valence-corrected chi connectivity index (χ1v) is 11.2. The highest BCUT2D eigenvalue weighted by molar-refractivity contribution is 8.01. The van der Waals surface area contributed by atoms with Crippen LogP contribution in [0.3, 0.4) is 0 Å². The summed E-state index contributed by atoms with van der Waals surface area (Å²) in [6, 6.07) is 8.00. The molecule has 10 heteroatoms. The molecule has 0 N–H and O–H groups in total. The minimum absolute atomic E-state index is 0.232. The van der Waals surface area contributed by atoms with Gasteiger partial charge in [-0.1, -0.05) is 18.6 Å². The van der Waals surface area contributed by atoms with Gasteiger partial charge in [0.2, 0.25) is 5.16 Å². The fourth-order valence-electron chi connectivity index (χ4n) is 2.19. The summed E-state index contributed by atoms with van der Waals surface area (Å²) in [4.78, 5) is 4.57. The third kappa shape index (κ3) is 4.74. The van der Waals surface area contributed by atoms with E-state index in [1.54, 1.807) is 16.0 Å². The molecule has 0 saturated heterocycles. The van der Waals surface area contributed by atoms with Gasteiger partial charge >= 0.3 is 0 Å². The fraction of sp³-hybridized carbons (Fsp3) is 0.429. The number of hydrogen-bond acceptors (Lipinski definition) is 8. The maximum Gasteiger partial charge on any atom is 0.216 e. The molecule has 0 aliphatic heterocycles. The lowest BCUT2D eigenvalue weighted by Gasteiger charge is -2.03. The van der Waals surface area contributed by atoms with E-state index in [4.69, 9.17) is 0 Å². The van der Waals surface area contributed by atoms with Crippen LogP contribution in [-0.2, 0) is 16.4 Å². The Morgan fingerprint density at radius 2 is 2.04 bits per heavy atom. The lowest BCUT2D eigenvalue weighted by atomic mass is 10.2. The Morgan fingerprint density at radius 3 is 2.83 bits per heavy atom. The molecule has 0 aliphatic rings. The zero-order chi connectivity index (χ0) is 17.0. The predicted molar refractivity (Wildman–Crippen MR) is 95.1 cm³/mol. The molecule has 128 valence electrons. The van der Waals surface area contributed by atoms with E-state index >= 15 is 0 Å². The highest BCUT2D eigenvalue weighted by Crippen LogP contribution is 2.32. The molecule has 0 unspecified atom stereocenters. The van der Waals surface area contributed by atoms with E-state index in [9.17, 15) is 8.42 Å². The van der Waals surface area contributed by atoms with Crippen molar-refractivity contribution < 1.29 is 8.42 Å². The van der Waals surface area contributed by atoms with Gasteiger partial charge in [0.05, 0.1) is 10.2 Å². The highest BCUT2D eigenvalue weighted by Gasteiger charge is 2.12. The van der Waals surface area contributed by atoms with E-state index in [1.807, 2.05) is 24.3 Å². The zero-order valence-corrected chi connectivity index (χ0v) is 15.6. The topological polar surface area (TPSA) is 90.6 Å². The van der Waals surface area contributed by atoms with Crippen molar-refractivity contribution in [2.45, 2.75) is 35.3 Å². The third-order valence-electron chi connectivity index (χ3n) is 3.34. The molecule has 0 aliphatic carbocycles. The van der Waals surface area contributed by atoms with Crippen LogP contribution in [0, 0.1) is 0 Å². The van der Waals surface area contributed by atoms with Crippen molar-refractivity contribution in [2.75, 3.05) is 12.0 Å². The first kappa shape index (κ1) is 17.3. The van der Waals surface area contributed by atoms with Crippen molar-refractivity contribution in [2.24, 2.45) is 0 Å². The maximum absolute atomic E-state index is 11.1. The number of para-hydroxylation sites is 1. The first-order valence-electron chi connectivity index (χ1n) is 7.48. The average molecular weight is 384 g/mol. The second kappa shape index (κ2) is 7.58. The molecule has 0 fully saturated rings. The number of nitrogens with zero attached hydrogens (tertiary/aromatic N) is 5. The fourth-order valence-corrected chi connectivity index (χ4v) is 4.88. The lowest BCUT2D eigenvalue weighted by Crippen LogP contribution is -2.05. The summed E-state index contributed by atoms with van der Waals surface area (Å²) in [7, 11) is -2.88. The molecule has 0 radical (unpaired) electrons. The van der Waals surface area contributed by atoms with Crippen molar-refractivity contribution in [3.63, 3.8) is 0 Å². The highest BCUT2D eigenvalue weighted by atomic mass is 32.2. The number of fused-ring (bicyclic) bond motifs is 1. The van der Waals surface area contributed by atoms with Gasteiger partial charge in [0, 0.05) is 18.6 Å². The quantitative estimate of drug-likeness (QED) is 0.552. The number of hydrogen-bond donors (Lipinski definition) is 0. The van der Waals surface area contributed by atoms with Gasteiger partial charge in [0.15, 0.2) is 4.34 Å². The zero-order valence-electron chi connectivity index (χ0n) is 13.1. The van der Waals surface area contributed by atoms with Gasteiger partial charge in [-0.2, -0.15) is 0 Å². The van der Waals surface area contributed by atoms with Crippen molar-refractivity contribution in [3.8, 4) is 0 Å². The summed E-state index contributed by atoms with van der Waals surface area (Å²) in [5, 5.41) is 12.5. The Bertz CT molecular complexity index is 886. The predicted octanol–water partition coefficient (Wildman–Crippen LogP) is 2.65. The van der Waals surface area contributed by atoms with Gasteiger partial charge in [-0.15, -0.1) is 16.4 Å². The molecule has 3 aromatic rings. The van der Waals surface area contributed by atoms with E-state index in [0.717, 1.165) is 27.4 Å². The molecule has 24 heavy (non-hydrogen) atoms. The molecule has 0 bridgehead atoms. The van der Waals surface area contributed by atoms with E-state index < -0.39 is 9.84 Å². The number of aryl methyl sites for hydroxylation is 1. The van der Waals surface area contributed by atoms with Gasteiger partial charge < -0.3 is 0 Å². The molecule has 0 spiro atoms. The summed E-state index contributed by atoms with van der Waals surface area (Å²) in [5.74, 6) is 0.232. The van der Waals surface area contributed by atoms with Crippen LogP contribution >= 0.6 is 23.1 Å². The van der Waals surface area contributed by atoms with Crippen LogP contribution in [0.1, 0.15) is 19.3 Å². The first-order chi connectivity index (χ1) is 11.5. The van der Waals surface area contributed by atoms with Gasteiger partial charge in [-0.25, -0.2) is 18.1 Å². The van der Waals surface area contributed by atoms with Crippen LogP contribution in [0.25, 0.3) is 10.2 Å². The Labute approximate surface area is 148 Å². The van der Waals surface area contributed by atoms with Crippen molar-refractivity contribution in [1.29, 1.82) is 0 Å². The van der Waals surface area contributed by atoms with Crippen LogP contribution in [0.2, 0.25) is 0 Å². The van der Waals surface area contributed by atoms with Crippen molar-refractivity contribution in [3.05, 3.63) is 24.3 Å². The normalized spacial score (nSPS) is 12.0. The number of unbranched alkanes of at least 4 members (excludes halogenated alkanes) is 2. The molecule has 2 aromatic heterocycles. The summed E-state index contributed by atoms with van der Waals surface area (Å²) in [6.07, 6.45) is 3.61. The van der Waals surface area contributed by atoms with Gasteiger partial charge in [-0.05, 0) is 47.2 Å². The van der Waals surface area contributed by atoms with E-state index in [-0.39, 0.29) is 5.75 Å². The molecule has 0 amide bonds. The molecular weight excluding hydrogens is 366 g/mol. The number of tetrazole rings is 1. The average Bonchev–Trinajstić information content (AvgIpc) is 3.12. The standard InChI is InChI=1S/C14H17N5O2S3/c1-24(20,21)10-6-2-5-9-19-13(16-17-18-19)23-14-15-11-7-3-4-8-12(11)22-14/h3-4,7-8H,2,5-6,9-10H2,1H3. The third-order valence-corrected chi connectivity index (χ3v) is 6.44. The SMILES string of the molecule is CS(=O)(=O)CCCCCn1nnnc1Sc1nc2ccccc2s1. The van der Waals surface area contributed by atoms with E-state index in [2.05, 4.69) is 20.5 Å². The van der Waals surface area contributed by atoms with Crippen LogP contribution in [0.15, 0.2) is 33.8 Å². The number of aromatic nitrogens is 5. The van der Waals surface area contributed by atoms with Gasteiger partial charge in [-0.3, -0.25) is 0 Å². The van der Waals surface area contributed by atoms with Gasteiger partial charge in [0.1, 0.15) is 9.84 Å². The van der Waals surface area contributed by atoms with Crippen LogP contribution < -0.4 is 0 Å². The minimum atomic E-state index is -2.88. The largest absolute Gasteiger partial charge is 0.229 e. The second-order valence-electron chi connectivity index (χ2n) is 5.42. The lowest BCUT2D eigenvalue weighted by molar-refractivity contribution is 0.505. The van der Waals surface area contributed by atoms with Crippen LogP contribution in [0.4, 0.5) is 0 Å². The number of rotatable bonds is 8. The minimum Gasteiger partial charge on any atom is -0.229 e. The molecule has 2 heterocycles. The Hall–Kier alpha value is -1.52. The number of thiazole rings is 1. The van der Waals surface area contributed by atoms with Crippen molar-refractivity contribution in [1.82, 2.24) is 25.2 Å². The number of benzene rings is 1. The molecule has 0 atom stereocenters. The summed E-state index contributed by atoms with van der Waals surface area (Å²) < 4.78 is 26.0. The Morgan fingerprint density at radius 1 is 1.21 bits per heavy atom. The van der Waals surface area contributed by atoms with Crippen molar-refractivity contribution >= 4 is 43.2 Å². The molecular formula is C14H17N5O2S3. The Kier molecular flexibility index (Phi) is 5.47. The van der Waals surface area contributed by atoms with E-state index in [1.165, 1.54) is 18.0 Å². The number of sulfone groups is 1. The molecule has 0 saturated carbocycles. The monoisotopic (exact) mass is 383 g/mol. The smallest absolute Gasteiger partial charge is 0.216 e. The molecule has 3 rings (SSSR count). The van der Waals surface area contributed by atoms with Crippen LogP contribution in [-0.4, -0.2) is 45.6 Å². The summed E-state index contributed by atoms with van der Waals surface area (Å²) in [5.41, 5.74) is 0.977. The molecule has 1 aromatic carbocycles. The van der Waals surface area contributed by atoms with Crippen LogP contribution in [0.5, 0.6) is 0 Å². The van der Waals surface area contributed by atoms with E-state index in [0.29, 0.717) is 18.1 Å². The summed E-state index contributed by atoms with van der Waals surface area (Å²) in [6.45, 7) is 0.671. The summed E-state index contributed by atoms with van der Waals surface area (Å²) >= 11 is 3.07. The van der Waals surface area contributed by atoms with Gasteiger partial charge in [0.25, 0.3) is 0 Å². The second-order valence-corrected chi connectivity index (χ2v) is 9.93.